The first-order valence-corrected chi connectivity index (χ1v) is 12.4. The van der Waals surface area contributed by atoms with Crippen LogP contribution in [0.1, 0.15) is 26.1 Å². The summed E-state index contributed by atoms with van der Waals surface area (Å²) < 4.78 is 10.8. The summed E-state index contributed by atoms with van der Waals surface area (Å²) in [4.78, 5) is 23.4. The number of benzene rings is 1. The number of aliphatic hydroxyl groups excluding tert-OH is 1. The Bertz CT molecular complexity index is 1090. The Labute approximate surface area is 203 Å². The maximum atomic E-state index is 13.0. The summed E-state index contributed by atoms with van der Waals surface area (Å²) in [6.45, 7) is 7.19. The van der Waals surface area contributed by atoms with Crippen LogP contribution in [-0.2, 0) is 16.0 Å². The second-order valence-electron chi connectivity index (χ2n) is 8.52. The van der Waals surface area contributed by atoms with Crippen LogP contribution in [0.15, 0.2) is 34.4 Å². The van der Waals surface area contributed by atoms with Crippen LogP contribution in [0.25, 0.3) is 21.3 Å². The number of aliphatic hydroxyl groups is 1. The largest absolute Gasteiger partial charge is 0.389 e. The van der Waals surface area contributed by atoms with Crippen LogP contribution in [0, 0.1) is 5.92 Å². The molecule has 7 nitrogen and oxygen atoms in total. The van der Waals surface area contributed by atoms with Crippen LogP contribution >= 0.6 is 22.9 Å². The van der Waals surface area contributed by atoms with Crippen LogP contribution in [0.4, 0.5) is 0 Å². The number of hydrogen-bond donors (Lipinski definition) is 2. The number of rotatable bonds is 13. The number of halogens is 1. The van der Waals surface area contributed by atoms with E-state index in [2.05, 4.69) is 23.7 Å². The standard InChI is InChI=1S/C24H32ClN3O4S/c1-16(2)13-32-14-19(29)11-28(8-5-9-31-3)12-21-26-23(30)22-20(15-33-24(22)27-21)17-6-4-7-18(25)10-17/h4,6-7,10,15-16,19,29H,5,8-9,11-14H2,1-3H3,(H,26,27,30). The van der Waals surface area contributed by atoms with E-state index in [4.69, 9.17) is 26.1 Å². The predicted octanol–water partition coefficient (Wildman–Crippen LogP) is 4.18. The fourth-order valence-corrected chi connectivity index (χ4v) is 4.76. The van der Waals surface area contributed by atoms with Crippen molar-refractivity contribution >= 4 is 33.2 Å². The lowest BCUT2D eigenvalue weighted by Crippen LogP contribution is -2.36. The van der Waals surface area contributed by atoms with E-state index >= 15 is 0 Å². The third kappa shape index (κ3) is 7.60. The highest BCUT2D eigenvalue weighted by atomic mass is 35.5. The molecule has 0 saturated carbocycles. The van der Waals surface area contributed by atoms with E-state index in [1.165, 1.54) is 11.3 Å². The molecule has 1 aromatic carbocycles. The van der Waals surface area contributed by atoms with Crippen LogP contribution in [0.3, 0.4) is 0 Å². The Kier molecular flexibility index (Phi) is 9.85. The maximum absolute atomic E-state index is 13.0. The normalized spacial score (nSPS) is 12.8. The molecule has 0 radical (unpaired) electrons. The summed E-state index contributed by atoms with van der Waals surface area (Å²) in [5.41, 5.74) is 1.54. The number of aromatic nitrogens is 2. The first kappa shape index (κ1) is 25.8. The number of nitrogens with zero attached hydrogens (tertiary/aromatic N) is 2. The molecule has 2 aromatic heterocycles. The highest BCUT2D eigenvalue weighted by Crippen LogP contribution is 2.32. The third-order valence-electron chi connectivity index (χ3n) is 5.06. The Morgan fingerprint density at radius 1 is 1.30 bits per heavy atom. The van der Waals surface area contributed by atoms with Crippen LogP contribution in [0.5, 0.6) is 0 Å². The van der Waals surface area contributed by atoms with Gasteiger partial charge in [-0.2, -0.15) is 0 Å². The molecule has 33 heavy (non-hydrogen) atoms. The van der Waals surface area contributed by atoms with Gasteiger partial charge in [-0.05, 0) is 30.0 Å². The van der Waals surface area contributed by atoms with Crippen molar-refractivity contribution in [3.63, 3.8) is 0 Å². The van der Waals surface area contributed by atoms with Crippen molar-refractivity contribution in [2.24, 2.45) is 5.92 Å². The molecule has 0 aliphatic heterocycles. The van der Waals surface area contributed by atoms with Crippen molar-refractivity contribution in [1.29, 1.82) is 0 Å². The lowest BCUT2D eigenvalue weighted by atomic mass is 10.1. The van der Waals surface area contributed by atoms with Gasteiger partial charge in [0.1, 0.15) is 10.7 Å². The zero-order chi connectivity index (χ0) is 23.8. The molecule has 0 aliphatic rings. The van der Waals surface area contributed by atoms with E-state index in [0.29, 0.717) is 59.8 Å². The number of aromatic amines is 1. The van der Waals surface area contributed by atoms with Gasteiger partial charge in [-0.3, -0.25) is 9.69 Å². The highest BCUT2D eigenvalue weighted by molar-refractivity contribution is 7.17. The van der Waals surface area contributed by atoms with Crippen molar-refractivity contribution in [3.8, 4) is 11.1 Å². The molecule has 0 bridgehead atoms. The minimum atomic E-state index is -0.627. The van der Waals surface area contributed by atoms with Crippen molar-refractivity contribution in [2.75, 3.05) is 40.0 Å². The lowest BCUT2D eigenvalue weighted by Gasteiger charge is -2.24. The monoisotopic (exact) mass is 493 g/mol. The number of H-pyrrole nitrogens is 1. The first-order chi connectivity index (χ1) is 15.9. The van der Waals surface area contributed by atoms with Crippen LogP contribution in [-0.4, -0.2) is 66.1 Å². The third-order valence-corrected chi connectivity index (χ3v) is 6.16. The fourth-order valence-electron chi connectivity index (χ4n) is 3.61. The summed E-state index contributed by atoms with van der Waals surface area (Å²) >= 11 is 7.57. The van der Waals surface area contributed by atoms with Gasteiger partial charge in [-0.25, -0.2) is 4.98 Å². The Morgan fingerprint density at radius 3 is 2.85 bits per heavy atom. The second kappa shape index (κ2) is 12.6. The molecule has 0 spiro atoms. The Balaban J connectivity index is 1.76. The van der Waals surface area contributed by atoms with Gasteiger partial charge in [0.2, 0.25) is 0 Å². The number of nitrogens with one attached hydrogen (secondary N) is 1. The van der Waals surface area contributed by atoms with Crippen molar-refractivity contribution in [2.45, 2.75) is 32.9 Å². The number of hydrogen-bond acceptors (Lipinski definition) is 7. The number of ether oxygens (including phenoxy) is 2. The van der Waals surface area contributed by atoms with Crippen molar-refractivity contribution in [1.82, 2.24) is 14.9 Å². The predicted molar refractivity (Wildman–Crippen MR) is 134 cm³/mol. The number of fused-ring (bicyclic) bond motifs is 1. The molecule has 2 N–H and O–H groups in total. The van der Waals surface area contributed by atoms with E-state index in [1.54, 1.807) is 13.2 Å². The van der Waals surface area contributed by atoms with Crippen LogP contribution < -0.4 is 5.56 Å². The van der Waals surface area contributed by atoms with E-state index in [0.717, 1.165) is 17.5 Å². The first-order valence-electron chi connectivity index (χ1n) is 11.1. The highest BCUT2D eigenvalue weighted by Gasteiger charge is 2.17. The molecule has 9 heteroatoms. The van der Waals surface area contributed by atoms with Gasteiger partial charge in [0.15, 0.2) is 0 Å². The van der Waals surface area contributed by atoms with E-state index in [1.807, 2.05) is 23.6 Å². The molecule has 3 rings (SSSR count). The molecule has 3 aromatic rings. The SMILES string of the molecule is COCCCN(Cc1nc2scc(-c3cccc(Cl)c3)c2c(=O)[nH]1)CC(O)COCC(C)C. The van der Waals surface area contributed by atoms with Gasteiger partial charge in [-0.15, -0.1) is 11.3 Å². The van der Waals surface area contributed by atoms with E-state index < -0.39 is 6.10 Å². The maximum Gasteiger partial charge on any atom is 0.260 e. The summed E-state index contributed by atoms with van der Waals surface area (Å²) in [5.74, 6) is 0.985. The molecule has 0 aliphatic carbocycles. The Morgan fingerprint density at radius 2 is 2.12 bits per heavy atom. The molecular weight excluding hydrogens is 462 g/mol. The minimum absolute atomic E-state index is 0.177. The Hall–Kier alpha value is -1.81. The number of methoxy groups -OCH3 is 1. The summed E-state index contributed by atoms with van der Waals surface area (Å²) in [6.07, 6.45) is 0.179. The van der Waals surface area contributed by atoms with Crippen molar-refractivity contribution in [3.05, 3.63) is 50.8 Å². The topological polar surface area (TPSA) is 87.7 Å². The van der Waals surface area contributed by atoms with Gasteiger partial charge in [-0.1, -0.05) is 37.6 Å². The summed E-state index contributed by atoms with van der Waals surface area (Å²) in [6, 6.07) is 7.45. The molecular formula is C24H32ClN3O4S. The van der Waals surface area contributed by atoms with Gasteiger partial charge >= 0.3 is 0 Å². The molecule has 1 unspecified atom stereocenters. The zero-order valence-corrected chi connectivity index (χ0v) is 20.9. The average molecular weight is 494 g/mol. The number of thiophene rings is 1. The fraction of sp³-hybridized carbons (Fsp3) is 0.500. The molecule has 0 fully saturated rings. The molecule has 2 heterocycles. The van der Waals surface area contributed by atoms with E-state index in [9.17, 15) is 9.90 Å². The minimum Gasteiger partial charge on any atom is -0.389 e. The zero-order valence-electron chi connectivity index (χ0n) is 19.3. The summed E-state index contributed by atoms with van der Waals surface area (Å²) in [5, 5.41) is 13.6. The van der Waals surface area contributed by atoms with Gasteiger partial charge in [0.25, 0.3) is 5.56 Å². The molecule has 180 valence electrons. The van der Waals surface area contributed by atoms with Crippen LogP contribution in [0.2, 0.25) is 5.02 Å². The molecule has 0 amide bonds. The summed E-state index contributed by atoms with van der Waals surface area (Å²) in [7, 11) is 1.67. The lowest BCUT2D eigenvalue weighted by molar-refractivity contribution is 0.00544. The van der Waals surface area contributed by atoms with Gasteiger partial charge < -0.3 is 19.6 Å². The van der Waals surface area contributed by atoms with E-state index in [-0.39, 0.29) is 12.2 Å². The smallest absolute Gasteiger partial charge is 0.260 e. The molecule has 1 atom stereocenters. The quantitative estimate of drug-likeness (QED) is 0.347. The van der Waals surface area contributed by atoms with Crippen molar-refractivity contribution < 1.29 is 14.6 Å². The molecule has 0 saturated heterocycles. The second-order valence-corrected chi connectivity index (χ2v) is 9.81. The van der Waals surface area contributed by atoms with Gasteiger partial charge in [0.05, 0.1) is 24.6 Å². The average Bonchev–Trinajstić information content (AvgIpc) is 3.18. The van der Waals surface area contributed by atoms with Gasteiger partial charge in [0, 0.05) is 49.4 Å².